The molecule has 0 aliphatic carbocycles. The number of ether oxygens (including phenoxy) is 1. The van der Waals surface area contributed by atoms with Crippen LogP contribution in [0.15, 0.2) is 0 Å². The van der Waals surface area contributed by atoms with E-state index in [0.29, 0.717) is 6.10 Å². The first-order chi connectivity index (χ1) is 6.36. The van der Waals surface area contributed by atoms with Crippen LogP contribution in [-0.4, -0.2) is 25.8 Å². The Morgan fingerprint density at radius 1 is 1.69 bits per heavy atom. The maximum atomic E-state index is 8.70. The van der Waals surface area contributed by atoms with E-state index in [1.54, 1.807) is 0 Å². The normalized spacial score (nSPS) is 24.2. The summed E-state index contributed by atoms with van der Waals surface area (Å²) >= 11 is 0. The Hall–Kier alpha value is -0.590. The predicted molar refractivity (Wildman–Crippen MR) is 51.2 cm³/mol. The molecule has 74 valence electrons. The molecule has 1 N–H and O–H groups in total. The molecular formula is C10H18N2O. The van der Waals surface area contributed by atoms with Gasteiger partial charge in [-0.25, -0.2) is 0 Å². The van der Waals surface area contributed by atoms with E-state index in [9.17, 15) is 0 Å². The molecule has 0 spiro atoms. The third-order valence-corrected chi connectivity index (χ3v) is 2.46. The van der Waals surface area contributed by atoms with Crippen molar-refractivity contribution in [2.45, 2.75) is 32.3 Å². The molecule has 0 aromatic heterocycles. The minimum Gasteiger partial charge on any atom is -0.377 e. The van der Waals surface area contributed by atoms with Crippen molar-refractivity contribution in [3.63, 3.8) is 0 Å². The first-order valence-corrected chi connectivity index (χ1v) is 5.08. The summed E-state index contributed by atoms with van der Waals surface area (Å²) in [6, 6.07) is 2.27. The highest BCUT2D eigenvalue weighted by molar-refractivity contribution is 4.83. The third kappa shape index (κ3) is 3.75. The molecule has 3 heteroatoms. The smallest absolute Gasteiger partial charge is 0.0700 e. The molecule has 1 saturated heterocycles. The monoisotopic (exact) mass is 182 g/mol. The van der Waals surface area contributed by atoms with Crippen LogP contribution in [0.2, 0.25) is 0 Å². The molecule has 2 unspecified atom stereocenters. The minimum atomic E-state index is 0.154. The van der Waals surface area contributed by atoms with Gasteiger partial charge in [-0.1, -0.05) is 6.92 Å². The molecule has 0 aromatic carbocycles. The van der Waals surface area contributed by atoms with Crippen LogP contribution in [0.5, 0.6) is 0 Å². The molecule has 1 heterocycles. The largest absolute Gasteiger partial charge is 0.377 e. The Morgan fingerprint density at radius 3 is 3.08 bits per heavy atom. The average Bonchev–Trinajstić information content (AvgIpc) is 2.65. The lowest BCUT2D eigenvalue weighted by atomic mass is 10.1. The lowest BCUT2D eigenvalue weighted by Crippen LogP contribution is -2.30. The molecule has 0 radical (unpaired) electrons. The van der Waals surface area contributed by atoms with Gasteiger partial charge in [0.2, 0.25) is 0 Å². The van der Waals surface area contributed by atoms with Crippen molar-refractivity contribution >= 4 is 0 Å². The number of rotatable bonds is 5. The van der Waals surface area contributed by atoms with Gasteiger partial charge in [0.15, 0.2) is 0 Å². The second-order valence-electron chi connectivity index (χ2n) is 3.53. The second kappa shape index (κ2) is 5.95. The van der Waals surface area contributed by atoms with Crippen molar-refractivity contribution in [2.24, 2.45) is 5.92 Å². The fraction of sp³-hybridized carbons (Fsp3) is 0.900. The summed E-state index contributed by atoms with van der Waals surface area (Å²) in [6.45, 7) is 4.65. The maximum absolute atomic E-state index is 8.70. The first kappa shape index (κ1) is 10.5. The number of hydrogen-bond acceptors (Lipinski definition) is 3. The van der Waals surface area contributed by atoms with Crippen LogP contribution < -0.4 is 5.32 Å². The molecule has 0 saturated carbocycles. The lowest BCUT2D eigenvalue weighted by Gasteiger charge is -2.12. The van der Waals surface area contributed by atoms with Crippen LogP contribution in [0.4, 0.5) is 0 Å². The van der Waals surface area contributed by atoms with E-state index < -0.39 is 0 Å². The zero-order valence-corrected chi connectivity index (χ0v) is 8.25. The van der Waals surface area contributed by atoms with Gasteiger partial charge in [-0.2, -0.15) is 5.26 Å². The van der Waals surface area contributed by atoms with Gasteiger partial charge in [0.1, 0.15) is 0 Å². The fourth-order valence-corrected chi connectivity index (χ4v) is 1.51. The quantitative estimate of drug-likeness (QED) is 0.697. The van der Waals surface area contributed by atoms with Gasteiger partial charge in [0.05, 0.1) is 18.1 Å². The molecule has 1 aliphatic heterocycles. The van der Waals surface area contributed by atoms with Crippen molar-refractivity contribution in [1.82, 2.24) is 5.32 Å². The zero-order valence-electron chi connectivity index (χ0n) is 8.25. The van der Waals surface area contributed by atoms with E-state index >= 15 is 0 Å². The predicted octanol–water partition coefficient (Wildman–Crippen LogP) is 1.30. The number of nitriles is 1. The summed E-state index contributed by atoms with van der Waals surface area (Å²) in [5.41, 5.74) is 0. The van der Waals surface area contributed by atoms with Crippen molar-refractivity contribution in [3.8, 4) is 6.07 Å². The second-order valence-corrected chi connectivity index (χ2v) is 3.53. The molecule has 1 rings (SSSR count). The third-order valence-electron chi connectivity index (χ3n) is 2.46. The van der Waals surface area contributed by atoms with Crippen molar-refractivity contribution in [2.75, 3.05) is 19.7 Å². The minimum absolute atomic E-state index is 0.154. The Labute approximate surface area is 80.1 Å². The fourth-order valence-electron chi connectivity index (χ4n) is 1.51. The van der Waals surface area contributed by atoms with Gasteiger partial charge in [0, 0.05) is 19.7 Å². The summed E-state index contributed by atoms with van der Waals surface area (Å²) < 4.78 is 5.46. The van der Waals surface area contributed by atoms with Gasteiger partial charge >= 0.3 is 0 Å². The van der Waals surface area contributed by atoms with Crippen LogP contribution in [0.1, 0.15) is 26.2 Å². The molecule has 0 bridgehead atoms. The van der Waals surface area contributed by atoms with E-state index in [1.165, 1.54) is 6.42 Å². The van der Waals surface area contributed by atoms with E-state index in [-0.39, 0.29) is 5.92 Å². The molecule has 3 nitrogen and oxygen atoms in total. The molecule has 0 amide bonds. The van der Waals surface area contributed by atoms with Crippen molar-refractivity contribution in [3.05, 3.63) is 0 Å². The molecule has 13 heavy (non-hydrogen) atoms. The van der Waals surface area contributed by atoms with Crippen LogP contribution >= 0.6 is 0 Å². The zero-order chi connectivity index (χ0) is 9.52. The highest BCUT2D eigenvalue weighted by Crippen LogP contribution is 2.10. The Balaban J connectivity index is 2.02. The molecule has 1 aliphatic rings. The van der Waals surface area contributed by atoms with E-state index in [1.807, 2.05) is 6.92 Å². The number of nitrogens with zero attached hydrogens (tertiary/aromatic N) is 1. The van der Waals surface area contributed by atoms with Gasteiger partial charge in [0.25, 0.3) is 0 Å². The van der Waals surface area contributed by atoms with Gasteiger partial charge < -0.3 is 10.1 Å². The van der Waals surface area contributed by atoms with Crippen molar-refractivity contribution < 1.29 is 4.74 Å². The van der Waals surface area contributed by atoms with E-state index in [2.05, 4.69) is 11.4 Å². The molecule has 2 atom stereocenters. The topological polar surface area (TPSA) is 45.0 Å². The average molecular weight is 182 g/mol. The summed E-state index contributed by atoms with van der Waals surface area (Å²) in [7, 11) is 0. The van der Waals surface area contributed by atoms with Crippen LogP contribution in [0.3, 0.4) is 0 Å². The van der Waals surface area contributed by atoms with Gasteiger partial charge in [-0.05, 0) is 19.3 Å². The summed E-state index contributed by atoms with van der Waals surface area (Å²) in [4.78, 5) is 0. The summed E-state index contributed by atoms with van der Waals surface area (Å²) in [5, 5.41) is 12.0. The van der Waals surface area contributed by atoms with E-state index in [0.717, 1.165) is 32.5 Å². The summed E-state index contributed by atoms with van der Waals surface area (Å²) in [5.74, 6) is 0.154. The van der Waals surface area contributed by atoms with Gasteiger partial charge in [-0.3, -0.25) is 0 Å². The SMILES string of the molecule is CCC(C#N)CNCC1CCCO1. The molecule has 1 fully saturated rings. The molecule has 0 aromatic rings. The van der Waals surface area contributed by atoms with Gasteiger partial charge in [-0.15, -0.1) is 0 Å². The highest BCUT2D eigenvalue weighted by Gasteiger charge is 2.15. The number of nitrogens with one attached hydrogen (secondary N) is 1. The molecular weight excluding hydrogens is 164 g/mol. The number of hydrogen-bond donors (Lipinski definition) is 1. The Bertz CT molecular complexity index is 170. The highest BCUT2D eigenvalue weighted by atomic mass is 16.5. The Morgan fingerprint density at radius 2 is 2.54 bits per heavy atom. The standard InChI is InChI=1S/C10H18N2O/c1-2-9(6-11)7-12-8-10-4-3-5-13-10/h9-10,12H,2-5,7-8H2,1H3. The van der Waals surface area contributed by atoms with Crippen molar-refractivity contribution in [1.29, 1.82) is 5.26 Å². The van der Waals surface area contributed by atoms with Crippen LogP contribution in [-0.2, 0) is 4.74 Å². The lowest BCUT2D eigenvalue weighted by molar-refractivity contribution is 0.109. The van der Waals surface area contributed by atoms with Crippen LogP contribution in [0.25, 0.3) is 0 Å². The maximum Gasteiger partial charge on any atom is 0.0700 e. The first-order valence-electron chi connectivity index (χ1n) is 5.08. The van der Waals surface area contributed by atoms with Crippen LogP contribution in [0, 0.1) is 17.2 Å². The van der Waals surface area contributed by atoms with E-state index in [4.69, 9.17) is 10.00 Å². The summed E-state index contributed by atoms with van der Waals surface area (Å²) in [6.07, 6.45) is 3.66. The Kier molecular flexibility index (Phi) is 4.81.